The number of hydrogen-bond donors (Lipinski definition) is 2. The molecule has 4 nitrogen and oxygen atoms in total. The molecule has 0 saturated heterocycles. The van der Waals surface area contributed by atoms with E-state index in [0.29, 0.717) is 5.92 Å². The molecule has 0 aromatic heterocycles. The van der Waals surface area contributed by atoms with Gasteiger partial charge in [-0.3, -0.25) is 4.79 Å². The lowest BCUT2D eigenvalue weighted by Crippen LogP contribution is -2.36. The number of carbonyl (C=O) groups excluding carboxylic acids is 2. The van der Waals surface area contributed by atoms with E-state index in [0.717, 1.165) is 23.1 Å². The zero-order valence-corrected chi connectivity index (χ0v) is 15.0. The lowest BCUT2D eigenvalue weighted by Gasteiger charge is -2.20. The summed E-state index contributed by atoms with van der Waals surface area (Å²) in [6.45, 7) is -0.00679. The third-order valence-electron chi connectivity index (χ3n) is 5.29. The molecule has 3 N–H and O–H groups in total. The summed E-state index contributed by atoms with van der Waals surface area (Å²) in [5.41, 5.74) is 8.44. The van der Waals surface area contributed by atoms with Crippen LogP contribution in [0.1, 0.15) is 43.6 Å². The number of benzene rings is 2. The summed E-state index contributed by atoms with van der Waals surface area (Å²) in [7, 11) is 0. The molecular weight excluding hydrogens is 324 g/mol. The van der Waals surface area contributed by atoms with Gasteiger partial charge in [-0.05, 0) is 29.0 Å². The van der Waals surface area contributed by atoms with Gasteiger partial charge in [0.1, 0.15) is 0 Å². The highest BCUT2D eigenvalue weighted by atomic mass is 16.2. The van der Waals surface area contributed by atoms with Crippen molar-refractivity contribution in [1.29, 1.82) is 0 Å². The van der Waals surface area contributed by atoms with Crippen LogP contribution in [0.4, 0.5) is 4.79 Å². The molecule has 136 valence electrons. The fraction of sp³-hybridized carbons (Fsp3) is 0.364. The van der Waals surface area contributed by atoms with Gasteiger partial charge in [-0.1, -0.05) is 80.3 Å². The van der Waals surface area contributed by atoms with Crippen LogP contribution in [-0.4, -0.2) is 18.4 Å². The Kier molecular flexibility index (Phi) is 6.05. The number of carbonyl (C=O) groups is 2. The Balaban J connectivity index is 1.78. The van der Waals surface area contributed by atoms with Gasteiger partial charge in [-0.2, -0.15) is 0 Å². The number of ketones is 1. The van der Waals surface area contributed by atoms with Crippen LogP contribution in [-0.2, 0) is 4.79 Å². The van der Waals surface area contributed by atoms with Crippen LogP contribution < -0.4 is 11.1 Å². The summed E-state index contributed by atoms with van der Waals surface area (Å²) in [4.78, 5) is 23.7. The van der Waals surface area contributed by atoms with Crippen molar-refractivity contribution >= 4 is 11.8 Å². The first-order valence-corrected chi connectivity index (χ1v) is 9.35. The van der Waals surface area contributed by atoms with E-state index in [1.54, 1.807) is 0 Å². The Morgan fingerprint density at radius 3 is 2.19 bits per heavy atom. The van der Waals surface area contributed by atoms with Crippen LogP contribution in [0.25, 0.3) is 11.1 Å². The summed E-state index contributed by atoms with van der Waals surface area (Å²) in [6.07, 6.45) is 5.73. The number of nitrogens with two attached hydrogens (primary N) is 1. The predicted octanol–water partition coefficient (Wildman–Crippen LogP) is 4.25. The zero-order chi connectivity index (χ0) is 18.4. The topological polar surface area (TPSA) is 72.2 Å². The van der Waals surface area contributed by atoms with Gasteiger partial charge in [0, 0.05) is 5.92 Å². The highest BCUT2D eigenvalue weighted by Crippen LogP contribution is 2.35. The molecule has 2 aromatic carbocycles. The lowest BCUT2D eigenvalue weighted by atomic mass is 9.84. The van der Waals surface area contributed by atoms with Crippen LogP contribution in [0.5, 0.6) is 0 Å². The standard InChI is InChI=1S/C22H26N2O2/c23-22(26)24-15-21(25)20(14-16-6-4-5-7-16)19-12-10-18(11-13-19)17-8-2-1-3-9-17/h1-3,8-13,16,20H,4-7,14-15H2,(H3,23,24,26). The molecule has 2 amide bonds. The van der Waals surface area contributed by atoms with Crippen LogP contribution in [0.2, 0.25) is 0 Å². The van der Waals surface area contributed by atoms with E-state index in [2.05, 4.69) is 29.6 Å². The van der Waals surface area contributed by atoms with Crippen molar-refractivity contribution in [2.45, 2.75) is 38.0 Å². The summed E-state index contributed by atoms with van der Waals surface area (Å²) in [5, 5.41) is 2.45. The third kappa shape index (κ3) is 4.72. The van der Waals surface area contributed by atoms with E-state index in [1.165, 1.54) is 25.7 Å². The molecule has 0 spiro atoms. The number of nitrogens with one attached hydrogen (secondary N) is 1. The number of Topliss-reactive ketones (excluding diaryl/α,β-unsaturated/α-hetero) is 1. The SMILES string of the molecule is NC(=O)NCC(=O)C(CC1CCCC1)c1ccc(-c2ccccc2)cc1. The lowest BCUT2D eigenvalue weighted by molar-refractivity contribution is -0.119. The van der Waals surface area contributed by atoms with Crippen molar-refractivity contribution in [2.75, 3.05) is 6.54 Å². The molecule has 26 heavy (non-hydrogen) atoms. The van der Waals surface area contributed by atoms with Gasteiger partial charge in [0.2, 0.25) is 0 Å². The van der Waals surface area contributed by atoms with Gasteiger partial charge in [0.25, 0.3) is 0 Å². The molecule has 4 heteroatoms. The van der Waals surface area contributed by atoms with E-state index >= 15 is 0 Å². The Bertz CT molecular complexity index is 734. The van der Waals surface area contributed by atoms with Crippen molar-refractivity contribution in [3.63, 3.8) is 0 Å². The monoisotopic (exact) mass is 350 g/mol. The van der Waals surface area contributed by atoms with Crippen LogP contribution in [0.3, 0.4) is 0 Å². The van der Waals surface area contributed by atoms with Crippen LogP contribution in [0, 0.1) is 5.92 Å². The van der Waals surface area contributed by atoms with E-state index in [9.17, 15) is 9.59 Å². The maximum Gasteiger partial charge on any atom is 0.312 e. The number of amides is 2. The van der Waals surface area contributed by atoms with Crippen molar-refractivity contribution in [1.82, 2.24) is 5.32 Å². The van der Waals surface area contributed by atoms with Crippen LogP contribution in [0.15, 0.2) is 54.6 Å². The second-order valence-electron chi connectivity index (χ2n) is 7.11. The second-order valence-corrected chi connectivity index (χ2v) is 7.11. The maximum atomic E-state index is 12.7. The van der Waals surface area contributed by atoms with E-state index < -0.39 is 6.03 Å². The molecule has 1 aliphatic carbocycles. The highest BCUT2D eigenvalue weighted by Gasteiger charge is 2.26. The van der Waals surface area contributed by atoms with Crippen molar-refractivity contribution in [3.8, 4) is 11.1 Å². The minimum Gasteiger partial charge on any atom is -0.352 e. The minimum absolute atomic E-state index is 0.00679. The molecule has 3 rings (SSSR count). The maximum absolute atomic E-state index is 12.7. The highest BCUT2D eigenvalue weighted by molar-refractivity contribution is 5.90. The summed E-state index contributed by atoms with van der Waals surface area (Å²) < 4.78 is 0. The van der Waals surface area contributed by atoms with Gasteiger partial charge >= 0.3 is 6.03 Å². The molecule has 0 radical (unpaired) electrons. The molecule has 1 saturated carbocycles. The number of urea groups is 1. The van der Waals surface area contributed by atoms with Gasteiger partial charge in [-0.15, -0.1) is 0 Å². The Morgan fingerprint density at radius 1 is 0.962 bits per heavy atom. The summed E-state index contributed by atoms with van der Waals surface area (Å²) in [5.74, 6) is 0.435. The third-order valence-corrected chi connectivity index (χ3v) is 5.29. The number of primary amides is 1. The molecule has 1 aliphatic rings. The van der Waals surface area contributed by atoms with Crippen molar-refractivity contribution in [2.24, 2.45) is 11.7 Å². The van der Waals surface area contributed by atoms with Crippen molar-refractivity contribution in [3.05, 3.63) is 60.2 Å². The fourth-order valence-electron chi connectivity index (χ4n) is 3.87. The molecule has 0 bridgehead atoms. The largest absolute Gasteiger partial charge is 0.352 e. The number of rotatable bonds is 7. The molecule has 0 aliphatic heterocycles. The minimum atomic E-state index is -0.655. The average Bonchev–Trinajstić information content (AvgIpc) is 3.18. The number of hydrogen-bond acceptors (Lipinski definition) is 2. The zero-order valence-electron chi connectivity index (χ0n) is 15.0. The Hall–Kier alpha value is -2.62. The second kappa shape index (κ2) is 8.65. The molecule has 0 heterocycles. The molecular formula is C22H26N2O2. The average molecular weight is 350 g/mol. The molecule has 1 atom stereocenters. The quantitative estimate of drug-likeness (QED) is 0.783. The Morgan fingerprint density at radius 2 is 1.58 bits per heavy atom. The van der Waals surface area contributed by atoms with Gasteiger partial charge < -0.3 is 11.1 Å². The van der Waals surface area contributed by atoms with E-state index in [-0.39, 0.29) is 18.2 Å². The predicted molar refractivity (Wildman–Crippen MR) is 104 cm³/mol. The molecule has 1 unspecified atom stereocenters. The molecule has 1 fully saturated rings. The fourth-order valence-corrected chi connectivity index (χ4v) is 3.87. The first kappa shape index (κ1) is 18.2. The Labute approximate surface area is 154 Å². The van der Waals surface area contributed by atoms with E-state index in [4.69, 9.17) is 5.73 Å². The molecule has 2 aromatic rings. The van der Waals surface area contributed by atoms with Gasteiger partial charge in [0.15, 0.2) is 5.78 Å². The summed E-state index contributed by atoms with van der Waals surface area (Å²) in [6, 6.07) is 17.8. The van der Waals surface area contributed by atoms with E-state index in [1.807, 2.05) is 30.3 Å². The van der Waals surface area contributed by atoms with Gasteiger partial charge in [0.05, 0.1) is 6.54 Å². The van der Waals surface area contributed by atoms with Crippen molar-refractivity contribution < 1.29 is 9.59 Å². The normalized spacial score (nSPS) is 15.5. The summed E-state index contributed by atoms with van der Waals surface area (Å²) >= 11 is 0. The first-order valence-electron chi connectivity index (χ1n) is 9.35. The smallest absolute Gasteiger partial charge is 0.312 e. The first-order chi connectivity index (χ1) is 12.6. The van der Waals surface area contributed by atoms with Gasteiger partial charge in [-0.25, -0.2) is 4.79 Å². The van der Waals surface area contributed by atoms with Crippen LogP contribution >= 0.6 is 0 Å².